The Balaban J connectivity index is 2.82. The summed E-state index contributed by atoms with van der Waals surface area (Å²) in [5.74, 6) is 0.893. The number of rotatable bonds is 3. The van der Waals surface area contributed by atoms with E-state index in [0.29, 0.717) is 0 Å². The summed E-state index contributed by atoms with van der Waals surface area (Å²) in [6.07, 6.45) is 0.888. The van der Waals surface area contributed by atoms with Crippen LogP contribution in [0.15, 0.2) is 35.5 Å². The summed E-state index contributed by atoms with van der Waals surface area (Å²) in [6.45, 7) is 3.98. The standard InChI is InChI=1S/C12H17NO/c1-9(10(2)13)7-11-5-4-6-12(8-11)14-3/h4-6,8H,7,13H2,1-3H3/b10-9-. The first kappa shape index (κ1) is 10.6. The molecule has 0 radical (unpaired) electrons. The Labute approximate surface area is 85.4 Å². The molecule has 2 N–H and O–H groups in total. The molecule has 76 valence electrons. The smallest absolute Gasteiger partial charge is 0.119 e. The summed E-state index contributed by atoms with van der Waals surface area (Å²) < 4.78 is 5.15. The third kappa shape index (κ3) is 2.80. The lowest BCUT2D eigenvalue weighted by atomic mass is 10.1. The van der Waals surface area contributed by atoms with Gasteiger partial charge in [-0.15, -0.1) is 0 Å². The highest BCUT2D eigenvalue weighted by atomic mass is 16.5. The lowest BCUT2D eigenvalue weighted by Crippen LogP contribution is -1.98. The minimum absolute atomic E-state index is 0.888. The summed E-state index contributed by atoms with van der Waals surface area (Å²) in [5.41, 5.74) is 9.03. The minimum atomic E-state index is 0.888. The molecule has 0 aliphatic carbocycles. The molecule has 0 fully saturated rings. The highest BCUT2D eigenvalue weighted by Crippen LogP contribution is 2.16. The van der Waals surface area contributed by atoms with Crippen LogP contribution < -0.4 is 10.5 Å². The number of allylic oxidation sites excluding steroid dienone is 2. The molecule has 0 amide bonds. The zero-order valence-electron chi connectivity index (χ0n) is 9.00. The van der Waals surface area contributed by atoms with Crippen LogP contribution in [0.1, 0.15) is 19.4 Å². The van der Waals surface area contributed by atoms with Gasteiger partial charge in [-0.25, -0.2) is 0 Å². The van der Waals surface area contributed by atoms with Gasteiger partial charge >= 0.3 is 0 Å². The van der Waals surface area contributed by atoms with Crippen LogP contribution >= 0.6 is 0 Å². The van der Waals surface area contributed by atoms with Crippen LogP contribution in [0.3, 0.4) is 0 Å². The number of methoxy groups -OCH3 is 1. The van der Waals surface area contributed by atoms with Crippen LogP contribution in [0.5, 0.6) is 5.75 Å². The molecule has 1 aromatic carbocycles. The van der Waals surface area contributed by atoms with Gasteiger partial charge in [0.15, 0.2) is 0 Å². The maximum absolute atomic E-state index is 5.70. The highest BCUT2D eigenvalue weighted by Gasteiger charge is 1.98. The van der Waals surface area contributed by atoms with Crippen LogP contribution in [0.2, 0.25) is 0 Å². The van der Waals surface area contributed by atoms with Crippen molar-refractivity contribution in [2.45, 2.75) is 20.3 Å². The van der Waals surface area contributed by atoms with Crippen LogP contribution in [0.25, 0.3) is 0 Å². The van der Waals surface area contributed by atoms with E-state index in [9.17, 15) is 0 Å². The maximum Gasteiger partial charge on any atom is 0.119 e. The Kier molecular flexibility index (Phi) is 3.57. The monoisotopic (exact) mass is 191 g/mol. The molecule has 2 heteroatoms. The van der Waals surface area contributed by atoms with Crippen molar-refractivity contribution in [3.8, 4) is 5.75 Å². The molecule has 0 aromatic heterocycles. The molecule has 0 aliphatic heterocycles. The van der Waals surface area contributed by atoms with E-state index >= 15 is 0 Å². The summed E-state index contributed by atoms with van der Waals surface area (Å²) >= 11 is 0. The van der Waals surface area contributed by atoms with Gasteiger partial charge in [0.25, 0.3) is 0 Å². The van der Waals surface area contributed by atoms with E-state index in [4.69, 9.17) is 10.5 Å². The summed E-state index contributed by atoms with van der Waals surface area (Å²) in [5, 5.41) is 0. The van der Waals surface area contributed by atoms with Crippen molar-refractivity contribution in [3.05, 3.63) is 41.1 Å². The average Bonchev–Trinajstić information content (AvgIpc) is 2.18. The zero-order chi connectivity index (χ0) is 10.6. The van der Waals surface area contributed by atoms with Gasteiger partial charge < -0.3 is 10.5 Å². The van der Waals surface area contributed by atoms with E-state index in [-0.39, 0.29) is 0 Å². The van der Waals surface area contributed by atoms with Gasteiger partial charge in [-0.2, -0.15) is 0 Å². The Bertz CT molecular complexity index is 338. The van der Waals surface area contributed by atoms with E-state index in [1.807, 2.05) is 25.1 Å². The van der Waals surface area contributed by atoms with E-state index in [2.05, 4.69) is 13.0 Å². The van der Waals surface area contributed by atoms with Crippen molar-refractivity contribution < 1.29 is 4.74 Å². The van der Waals surface area contributed by atoms with Gasteiger partial charge in [0.2, 0.25) is 0 Å². The quantitative estimate of drug-likeness (QED) is 0.796. The molecule has 0 aliphatic rings. The molecule has 0 bridgehead atoms. The van der Waals surface area contributed by atoms with Gasteiger partial charge in [0, 0.05) is 5.70 Å². The van der Waals surface area contributed by atoms with Gasteiger partial charge in [-0.05, 0) is 38.0 Å². The van der Waals surface area contributed by atoms with Crippen molar-refractivity contribution in [2.75, 3.05) is 7.11 Å². The molecule has 14 heavy (non-hydrogen) atoms. The van der Waals surface area contributed by atoms with Gasteiger partial charge in [-0.1, -0.05) is 17.7 Å². The van der Waals surface area contributed by atoms with Crippen molar-refractivity contribution in [1.29, 1.82) is 0 Å². The van der Waals surface area contributed by atoms with Crippen molar-refractivity contribution in [2.24, 2.45) is 5.73 Å². The number of benzene rings is 1. The highest BCUT2D eigenvalue weighted by molar-refractivity contribution is 5.31. The first-order valence-electron chi connectivity index (χ1n) is 4.68. The molecule has 1 aromatic rings. The average molecular weight is 191 g/mol. The molecule has 0 saturated heterocycles. The zero-order valence-corrected chi connectivity index (χ0v) is 9.00. The number of hydrogen-bond donors (Lipinski definition) is 1. The number of ether oxygens (including phenoxy) is 1. The first-order valence-corrected chi connectivity index (χ1v) is 4.68. The lowest BCUT2D eigenvalue weighted by Gasteiger charge is -2.06. The predicted octanol–water partition coefficient (Wildman–Crippen LogP) is 2.49. The minimum Gasteiger partial charge on any atom is -0.497 e. The largest absolute Gasteiger partial charge is 0.497 e. The predicted molar refractivity (Wildman–Crippen MR) is 59.3 cm³/mol. The molecular formula is C12H17NO. The molecule has 1 rings (SSSR count). The lowest BCUT2D eigenvalue weighted by molar-refractivity contribution is 0.414. The summed E-state index contributed by atoms with van der Waals surface area (Å²) in [7, 11) is 1.68. The Morgan fingerprint density at radius 2 is 2.07 bits per heavy atom. The van der Waals surface area contributed by atoms with E-state index < -0.39 is 0 Å². The third-order valence-corrected chi connectivity index (χ3v) is 2.28. The first-order chi connectivity index (χ1) is 6.63. The van der Waals surface area contributed by atoms with E-state index in [0.717, 1.165) is 17.9 Å². The Hall–Kier alpha value is -1.44. The molecular weight excluding hydrogens is 174 g/mol. The number of hydrogen-bond acceptors (Lipinski definition) is 2. The second-order valence-electron chi connectivity index (χ2n) is 3.49. The Morgan fingerprint density at radius 1 is 1.36 bits per heavy atom. The second-order valence-corrected chi connectivity index (χ2v) is 3.49. The SMILES string of the molecule is COc1cccc(C/C(C)=C(/C)N)c1. The van der Waals surface area contributed by atoms with Gasteiger partial charge in [0.05, 0.1) is 7.11 Å². The van der Waals surface area contributed by atoms with E-state index in [1.165, 1.54) is 11.1 Å². The van der Waals surface area contributed by atoms with Crippen LogP contribution in [-0.2, 0) is 6.42 Å². The number of nitrogens with two attached hydrogens (primary N) is 1. The molecule has 2 nitrogen and oxygen atoms in total. The molecule has 0 spiro atoms. The molecule has 0 atom stereocenters. The van der Waals surface area contributed by atoms with Crippen molar-refractivity contribution >= 4 is 0 Å². The van der Waals surface area contributed by atoms with Crippen molar-refractivity contribution in [1.82, 2.24) is 0 Å². The van der Waals surface area contributed by atoms with Crippen LogP contribution in [0.4, 0.5) is 0 Å². The van der Waals surface area contributed by atoms with E-state index in [1.54, 1.807) is 7.11 Å². The van der Waals surface area contributed by atoms with Crippen molar-refractivity contribution in [3.63, 3.8) is 0 Å². The topological polar surface area (TPSA) is 35.2 Å². The molecule has 0 unspecified atom stereocenters. The Morgan fingerprint density at radius 3 is 2.64 bits per heavy atom. The summed E-state index contributed by atoms with van der Waals surface area (Å²) in [4.78, 5) is 0. The third-order valence-electron chi connectivity index (χ3n) is 2.28. The van der Waals surface area contributed by atoms with Gasteiger partial charge in [-0.3, -0.25) is 0 Å². The normalized spacial score (nSPS) is 12.2. The van der Waals surface area contributed by atoms with Crippen LogP contribution in [0, 0.1) is 0 Å². The second kappa shape index (κ2) is 4.70. The fraction of sp³-hybridized carbons (Fsp3) is 0.333. The molecule has 0 saturated carbocycles. The maximum atomic E-state index is 5.70. The fourth-order valence-corrected chi connectivity index (χ4v) is 1.23. The van der Waals surface area contributed by atoms with Crippen LogP contribution in [-0.4, -0.2) is 7.11 Å². The molecule has 0 heterocycles. The summed E-state index contributed by atoms with van der Waals surface area (Å²) in [6, 6.07) is 8.05. The fourth-order valence-electron chi connectivity index (χ4n) is 1.23. The van der Waals surface area contributed by atoms with Gasteiger partial charge in [0.1, 0.15) is 5.75 Å².